The number of anilines is 2. The number of hydrogen-bond donors (Lipinski definition) is 0. The lowest BCUT2D eigenvalue weighted by molar-refractivity contribution is 0.597. The number of sulfone groups is 1. The van der Waals surface area contributed by atoms with E-state index < -0.39 is 9.84 Å². The predicted molar refractivity (Wildman–Crippen MR) is 92.6 cm³/mol. The van der Waals surface area contributed by atoms with Crippen molar-refractivity contribution in [3.8, 4) is 0 Å². The molecule has 0 spiro atoms. The van der Waals surface area contributed by atoms with Crippen LogP contribution in [0.5, 0.6) is 0 Å². The zero-order valence-electron chi connectivity index (χ0n) is 13.9. The molecule has 2 aromatic rings. The molecule has 2 rings (SSSR count). The monoisotopic (exact) mass is 334 g/mol. The van der Waals surface area contributed by atoms with Gasteiger partial charge in [0, 0.05) is 51.3 Å². The second kappa shape index (κ2) is 6.95. The molecule has 0 aliphatic carbocycles. The molecule has 1 aromatic carbocycles. The van der Waals surface area contributed by atoms with Crippen LogP contribution in [0.1, 0.15) is 12.5 Å². The summed E-state index contributed by atoms with van der Waals surface area (Å²) in [4.78, 5) is 12.8. The third-order valence-corrected chi connectivity index (χ3v) is 5.28. The molecule has 0 atom stereocenters. The van der Waals surface area contributed by atoms with Gasteiger partial charge in [-0.15, -0.1) is 0 Å². The summed E-state index contributed by atoms with van der Waals surface area (Å²) in [6, 6.07) is 6.93. The minimum atomic E-state index is -3.16. The van der Waals surface area contributed by atoms with Gasteiger partial charge in [0.1, 0.15) is 0 Å². The van der Waals surface area contributed by atoms with E-state index in [0.29, 0.717) is 17.4 Å². The molecule has 0 bridgehead atoms. The normalized spacial score (nSPS) is 11.3. The highest BCUT2D eigenvalue weighted by atomic mass is 32.2. The summed E-state index contributed by atoms with van der Waals surface area (Å²) in [6.07, 6.45) is 3.60. The van der Waals surface area contributed by atoms with Gasteiger partial charge in [-0.2, -0.15) is 0 Å². The van der Waals surface area contributed by atoms with Crippen molar-refractivity contribution in [2.24, 2.45) is 0 Å². The first-order valence-electron chi connectivity index (χ1n) is 7.35. The average molecular weight is 334 g/mol. The summed E-state index contributed by atoms with van der Waals surface area (Å²) in [6.45, 7) is 2.29. The molecule has 0 saturated heterocycles. The molecule has 7 heteroatoms. The topological polar surface area (TPSA) is 66.4 Å². The van der Waals surface area contributed by atoms with E-state index in [1.165, 1.54) is 0 Å². The van der Waals surface area contributed by atoms with Crippen LogP contribution in [0.15, 0.2) is 41.6 Å². The van der Waals surface area contributed by atoms with Crippen LogP contribution in [-0.2, 0) is 16.4 Å². The molecular formula is C16H22N4O2S. The summed E-state index contributed by atoms with van der Waals surface area (Å²) in [5.41, 5.74) is 1.93. The van der Waals surface area contributed by atoms with Crippen LogP contribution in [0.3, 0.4) is 0 Å². The molecule has 23 heavy (non-hydrogen) atoms. The van der Waals surface area contributed by atoms with Crippen molar-refractivity contribution in [3.63, 3.8) is 0 Å². The molecule has 124 valence electrons. The summed E-state index contributed by atoms with van der Waals surface area (Å²) in [5.74, 6) is 0.781. The molecule has 1 heterocycles. The highest BCUT2D eigenvalue weighted by molar-refractivity contribution is 7.91. The first-order valence-corrected chi connectivity index (χ1v) is 9.01. The van der Waals surface area contributed by atoms with E-state index in [4.69, 9.17) is 0 Å². The Bertz CT molecular complexity index is 741. The van der Waals surface area contributed by atoms with Crippen LogP contribution >= 0.6 is 0 Å². The van der Waals surface area contributed by atoms with Gasteiger partial charge >= 0.3 is 0 Å². The van der Waals surface area contributed by atoms with E-state index in [2.05, 4.69) is 9.97 Å². The standard InChI is InChI=1S/C16H22N4O2S/c1-5-23(21,22)15-8-6-14(7-9-15)20(4)12-13-10-17-16(18-11-13)19(2)3/h6-11H,5,12H2,1-4H3. The summed E-state index contributed by atoms with van der Waals surface area (Å²) in [5, 5.41) is 0. The Hall–Kier alpha value is -2.15. The van der Waals surface area contributed by atoms with Crippen molar-refractivity contribution in [3.05, 3.63) is 42.2 Å². The fourth-order valence-corrected chi connectivity index (χ4v) is 2.98. The minimum Gasteiger partial charge on any atom is -0.370 e. The maximum absolute atomic E-state index is 11.8. The smallest absolute Gasteiger partial charge is 0.224 e. The predicted octanol–water partition coefficient (Wildman–Crippen LogP) is 1.97. The molecule has 6 nitrogen and oxygen atoms in total. The Morgan fingerprint density at radius 3 is 2.04 bits per heavy atom. The van der Waals surface area contributed by atoms with E-state index >= 15 is 0 Å². The van der Waals surface area contributed by atoms with Crippen LogP contribution in [-0.4, -0.2) is 45.3 Å². The molecule has 0 radical (unpaired) electrons. The van der Waals surface area contributed by atoms with Crippen molar-refractivity contribution in [2.45, 2.75) is 18.4 Å². The van der Waals surface area contributed by atoms with E-state index in [0.717, 1.165) is 11.3 Å². The van der Waals surface area contributed by atoms with Crippen LogP contribution in [0.4, 0.5) is 11.6 Å². The Morgan fingerprint density at radius 1 is 1.00 bits per heavy atom. The van der Waals surface area contributed by atoms with Crippen LogP contribution < -0.4 is 9.80 Å². The molecular weight excluding hydrogens is 312 g/mol. The zero-order valence-corrected chi connectivity index (χ0v) is 14.7. The Labute approximate surface area is 137 Å². The first-order chi connectivity index (χ1) is 10.8. The zero-order chi connectivity index (χ0) is 17.0. The van der Waals surface area contributed by atoms with E-state index in [9.17, 15) is 8.42 Å². The lowest BCUT2D eigenvalue weighted by atomic mass is 10.2. The number of nitrogens with zero attached hydrogens (tertiary/aromatic N) is 4. The fourth-order valence-electron chi connectivity index (χ4n) is 2.10. The number of benzene rings is 1. The third kappa shape index (κ3) is 4.19. The largest absolute Gasteiger partial charge is 0.370 e. The van der Waals surface area contributed by atoms with Gasteiger partial charge in [-0.1, -0.05) is 6.92 Å². The van der Waals surface area contributed by atoms with Gasteiger partial charge in [0.2, 0.25) is 5.95 Å². The lowest BCUT2D eigenvalue weighted by Gasteiger charge is -2.20. The average Bonchev–Trinajstić information content (AvgIpc) is 2.55. The van der Waals surface area contributed by atoms with Crippen LogP contribution in [0, 0.1) is 0 Å². The lowest BCUT2D eigenvalue weighted by Crippen LogP contribution is -2.18. The van der Waals surface area contributed by atoms with Crippen molar-refractivity contribution < 1.29 is 8.42 Å². The molecule has 1 aromatic heterocycles. The van der Waals surface area contributed by atoms with Crippen LogP contribution in [0.25, 0.3) is 0 Å². The van der Waals surface area contributed by atoms with Gasteiger partial charge in [-0.3, -0.25) is 0 Å². The molecule has 0 saturated carbocycles. The first kappa shape index (κ1) is 17.2. The van der Waals surface area contributed by atoms with Crippen molar-refractivity contribution >= 4 is 21.5 Å². The minimum absolute atomic E-state index is 0.109. The number of hydrogen-bond acceptors (Lipinski definition) is 6. The van der Waals surface area contributed by atoms with E-state index in [1.807, 2.05) is 43.1 Å². The summed E-state index contributed by atoms with van der Waals surface area (Å²) >= 11 is 0. The SMILES string of the molecule is CCS(=O)(=O)c1ccc(N(C)Cc2cnc(N(C)C)nc2)cc1. The Morgan fingerprint density at radius 2 is 1.57 bits per heavy atom. The van der Waals surface area contributed by atoms with Gasteiger partial charge < -0.3 is 9.80 Å². The molecule has 0 aliphatic rings. The maximum atomic E-state index is 11.8. The molecule has 0 amide bonds. The van der Waals surface area contributed by atoms with Gasteiger partial charge in [-0.25, -0.2) is 18.4 Å². The molecule has 0 N–H and O–H groups in total. The van der Waals surface area contributed by atoms with Gasteiger partial charge in [0.05, 0.1) is 10.6 Å². The highest BCUT2D eigenvalue weighted by Gasteiger charge is 2.12. The van der Waals surface area contributed by atoms with Gasteiger partial charge in [0.25, 0.3) is 0 Å². The van der Waals surface area contributed by atoms with Crippen LogP contribution in [0.2, 0.25) is 0 Å². The van der Waals surface area contributed by atoms with Crippen molar-refractivity contribution in [1.82, 2.24) is 9.97 Å². The van der Waals surface area contributed by atoms with Crippen molar-refractivity contribution in [1.29, 1.82) is 0 Å². The quantitative estimate of drug-likeness (QED) is 0.805. The Kier molecular flexibility index (Phi) is 5.20. The summed E-state index contributed by atoms with van der Waals surface area (Å²) in [7, 11) is 2.58. The van der Waals surface area contributed by atoms with Gasteiger partial charge in [-0.05, 0) is 24.3 Å². The van der Waals surface area contributed by atoms with Crippen molar-refractivity contribution in [2.75, 3.05) is 36.7 Å². The third-order valence-electron chi connectivity index (χ3n) is 3.53. The number of aromatic nitrogens is 2. The summed E-state index contributed by atoms with van der Waals surface area (Å²) < 4.78 is 23.7. The molecule has 0 fully saturated rings. The second-order valence-corrected chi connectivity index (χ2v) is 7.82. The van der Waals surface area contributed by atoms with Gasteiger partial charge in [0.15, 0.2) is 9.84 Å². The Balaban J connectivity index is 2.10. The van der Waals surface area contributed by atoms with E-state index in [1.54, 1.807) is 31.5 Å². The van der Waals surface area contributed by atoms with E-state index in [-0.39, 0.29) is 5.75 Å². The second-order valence-electron chi connectivity index (χ2n) is 5.54. The number of rotatable bonds is 6. The molecule has 0 aliphatic heterocycles. The fraction of sp³-hybridized carbons (Fsp3) is 0.375. The molecule has 0 unspecified atom stereocenters. The maximum Gasteiger partial charge on any atom is 0.224 e. The highest BCUT2D eigenvalue weighted by Crippen LogP contribution is 2.19.